The largest absolute Gasteiger partial charge is 0.496 e. The number of hydrogen-bond acceptors (Lipinski definition) is 4. The molecular formula is C21H26N2O4S. The number of piperidine rings is 1. The first-order valence-electron chi connectivity index (χ1n) is 9.32. The lowest BCUT2D eigenvalue weighted by molar-refractivity contribution is -0.123. The Kier molecular flexibility index (Phi) is 6.05. The number of para-hydroxylation sites is 1. The zero-order chi connectivity index (χ0) is 20.3. The molecule has 1 saturated heterocycles. The molecule has 0 bridgehead atoms. The second kappa shape index (κ2) is 8.32. The number of amides is 1. The molecule has 0 aromatic heterocycles. The highest BCUT2D eigenvalue weighted by Gasteiger charge is 2.34. The van der Waals surface area contributed by atoms with Gasteiger partial charge in [0, 0.05) is 25.8 Å². The molecule has 0 N–H and O–H groups in total. The highest BCUT2D eigenvalue weighted by atomic mass is 32.2. The van der Waals surface area contributed by atoms with Crippen LogP contribution in [0.1, 0.15) is 18.4 Å². The van der Waals surface area contributed by atoms with Gasteiger partial charge in [-0.1, -0.05) is 18.2 Å². The highest BCUT2D eigenvalue weighted by molar-refractivity contribution is 7.89. The number of rotatable bonds is 5. The summed E-state index contributed by atoms with van der Waals surface area (Å²) in [6, 6.07) is 14.2. The van der Waals surface area contributed by atoms with Crippen LogP contribution in [0.25, 0.3) is 0 Å². The van der Waals surface area contributed by atoms with Gasteiger partial charge in [-0.15, -0.1) is 0 Å². The number of methoxy groups -OCH3 is 1. The van der Waals surface area contributed by atoms with Crippen LogP contribution in [-0.2, 0) is 14.8 Å². The summed E-state index contributed by atoms with van der Waals surface area (Å²) in [4.78, 5) is 14.8. The molecule has 1 atom stereocenters. The number of sulfonamides is 1. The van der Waals surface area contributed by atoms with Crippen molar-refractivity contribution in [2.24, 2.45) is 5.92 Å². The summed E-state index contributed by atoms with van der Waals surface area (Å²) in [5, 5.41) is 0. The number of carbonyl (C=O) groups is 1. The van der Waals surface area contributed by atoms with Gasteiger partial charge in [-0.2, -0.15) is 4.31 Å². The molecule has 0 unspecified atom stereocenters. The van der Waals surface area contributed by atoms with Gasteiger partial charge >= 0.3 is 0 Å². The zero-order valence-electron chi connectivity index (χ0n) is 16.5. The fourth-order valence-corrected chi connectivity index (χ4v) is 5.18. The molecule has 28 heavy (non-hydrogen) atoms. The van der Waals surface area contributed by atoms with E-state index < -0.39 is 10.0 Å². The Bertz CT molecular complexity index is 944. The van der Waals surface area contributed by atoms with Crippen molar-refractivity contribution in [3.8, 4) is 5.75 Å². The van der Waals surface area contributed by atoms with E-state index in [4.69, 9.17) is 4.74 Å². The Balaban J connectivity index is 1.78. The third kappa shape index (κ3) is 4.05. The lowest BCUT2D eigenvalue weighted by Crippen LogP contribution is -2.45. The van der Waals surface area contributed by atoms with Crippen molar-refractivity contribution < 1.29 is 17.9 Å². The maximum atomic E-state index is 13.1. The molecule has 0 saturated carbocycles. The molecule has 1 fully saturated rings. The third-order valence-electron chi connectivity index (χ3n) is 5.21. The van der Waals surface area contributed by atoms with E-state index in [1.54, 1.807) is 37.3 Å². The summed E-state index contributed by atoms with van der Waals surface area (Å²) in [6.45, 7) is 2.44. The second-order valence-electron chi connectivity index (χ2n) is 7.07. The Morgan fingerprint density at radius 1 is 1.18 bits per heavy atom. The molecule has 1 aliphatic rings. The van der Waals surface area contributed by atoms with Crippen LogP contribution < -0.4 is 9.64 Å². The number of benzene rings is 2. The zero-order valence-corrected chi connectivity index (χ0v) is 17.3. The van der Waals surface area contributed by atoms with E-state index in [1.807, 2.05) is 37.3 Å². The van der Waals surface area contributed by atoms with Crippen LogP contribution in [0.4, 0.5) is 5.69 Å². The molecule has 6 nitrogen and oxygen atoms in total. The Hall–Kier alpha value is -2.38. The van der Waals surface area contributed by atoms with Crippen molar-refractivity contribution in [2.45, 2.75) is 24.7 Å². The van der Waals surface area contributed by atoms with E-state index in [1.165, 1.54) is 4.31 Å². The van der Waals surface area contributed by atoms with Crippen molar-refractivity contribution in [3.63, 3.8) is 0 Å². The van der Waals surface area contributed by atoms with Crippen molar-refractivity contribution >= 4 is 21.6 Å². The van der Waals surface area contributed by atoms with Gasteiger partial charge < -0.3 is 9.64 Å². The summed E-state index contributed by atoms with van der Waals surface area (Å²) in [6.07, 6.45) is 1.34. The van der Waals surface area contributed by atoms with Crippen molar-refractivity contribution in [2.75, 3.05) is 32.1 Å². The van der Waals surface area contributed by atoms with Crippen LogP contribution in [0.15, 0.2) is 53.4 Å². The van der Waals surface area contributed by atoms with Gasteiger partial charge in [-0.3, -0.25) is 4.79 Å². The first-order valence-corrected chi connectivity index (χ1v) is 10.8. The van der Waals surface area contributed by atoms with Crippen LogP contribution in [0.5, 0.6) is 5.75 Å². The van der Waals surface area contributed by atoms with Gasteiger partial charge in [0.1, 0.15) is 5.75 Å². The van der Waals surface area contributed by atoms with Crippen LogP contribution in [0.2, 0.25) is 0 Å². The van der Waals surface area contributed by atoms with E-state index in [-0.39, 0.29) is 23.3 Å². The summed E-state index contributed by atoms with van der Waals surface area (Å²) >= 11 is 0. The first kappa shape index (κ1) is 20.4. The number of carbonyl (C=O) groups excluding carboxylic acids is 1. The van der Waals surface area contributed by atoms with Gasteiger partial charge in [0.05, 0.1) is 17.9 Å². The molecule has 2 aromatic carbocycles. The minimum Gasteiger partial charge on any atom is -0.496 e. The van der Waals surface area contributed by atoms with Crippen molar-refractivity contribution in [1.82, 2.24) is 4.31 Å². The molecule has 0 aliphatic carbocycles. The van der Waals surface area contributed by atoms with Gasteiger partial charge in [0.15, 0.2) is 0 Å². The van der Waals surface area contributed by atoms with E-state index in [0.29, 0.717) is 25.1 Å². The van der Waals surface area contributed by atoms with Crippen LogP contribution in [0, 0.1) is 12.8 Å². The fraction of sp³-hybridized carbons (Fsp3) is 0.381. The molecule has 1 aliphatic heterocycles. The number of hydrogen-bond donors (Lipinski definition) is 0. The predicted octanol–water partition coefficient (Wildman–Crippen LogP) is 3.07. The molecule has 0 spiro atoms. The molecule has 3 rings (SSSR count). The predicted molar refractivity (Wildman–Crippen MR) is 109 cm³/mol. The molecule has 2 aromatic rings. The lowest BCUT2D eigenvalue weighted by Gasteiger charge is -2.33. The van der Waals surface area contributed by atoms with Gasteiger partial charge in [0.25, 0.3) is 0 Å². The molecule has 1 heterocycles. The highest BCUT2D eigenvalue weighted by Crippen LogP contribution is 2.28. The van der Waals surface area contributed by atoms with Crippen LogP contribution >= 0.6 is 0 Å². The monoisotopic (exact) mass is 402 g/mol. The summed E-state index contributed by atoms with van der Waals surface area (Å²) in [7, 11) is -0.369. The number of ether oxygens (including phenoxy) is 1. The van der Waals surface area contributed by atoms with Gasteiger partial charge in [-0.25, -0.2) is 8.42 Å². The summed E-state index contributed by atoms with van der Waals surface area (Å²) in [5.41, 5.74) is 1.57. The Morgan fingerprint density at radius 2 is 1.89 bits per heavy atom. The SMILES string of the molecule is COc1ccc(S(=O)(=O)N2CCC[C@H](C(=O)N(C)c3ccccc3)C2)cc1C. The Morgan fingerprint density at radius 3 is 2.54 bits per heavy atom. The van der Waals surface area contributed by atoms with Crippen LogP contribution in [0.3, 0.4) is 0 Å². The summed E-state index contributed by atoms with van der Waals surface area (Å²) in [5.74, 6) is 0.236. The topological polar surface area (TPSA) is 66.9 Å². The van der Waals surface area contributed by atoms with Crippen molar-refractivity contribution in [3.05, 3.63) is 54.1 Å². The van der Waals surface area contributed by atoms with Gasteiger partial charge in [-0.05, 0) is 55.7 Å². The maximum absolute atomic E-state index is 13.1. The van der Waals surface area contributed by atoms with E-state index in [2.05, 4.69) is 0 Å². The molecule has 1 amide bonds. The maximum Gasteiger partial charge on any atom is 0.243 e. The normalized spacial score (nSPS) is 17.9. The van der Waals surface area contributed by atoms with E-state index in [0.717, 1.165) is 11.3 Å². The quantitative estimate of drug-likeness (QED) is 0.771. The molecular weight excluding hydrogens is 376 g/mol. The minimum atomic E-state index is -3.66. The third-order valence-corrected chi connectivity index (χ3v) is 7.07. The van der Waals surface area contributed by atoms with Crippen molar-refractivity contribution in [1.29, 1.82) is 0 Å². The first-order chi connectivity index (χ1) is 13.3. The standard InChI is InChI=1S/C21H26N2O4S/c1-16-14-19(11-12-20(16)27-3)28(25,26)23-13-7-8-17(15-23)21(24)22(2)18-9-5-4-6-10-18/h4-6,9-12,14,17H,7-8,13,15H2,1-3H3/t17-/m0/s1. The van der Waals surface area contributed by atoms with Gasteiger partial charge in [0.2, 0.25) is 15.9 Å². The average molecular weight is 403 g/mol. The van der Waals surface area contributed by atoms with Crippen LogP contribution in [-0.4, -0.2) is 45.9 Å². The summed E-state index contributed by atoms with van der Waals surface area (Å²) < 4.78 is 32.9. The van der Waals surface area contributed by atoms with E-state index >= 15 is 0 Å². The smallest absolute Gasteiger partial charge is 0.243 e. The second-order valence-corrected chi connectivity index (χ2v) is 9.00. The number of anilines is 1. The minimum absolute atomic E-state index is 0.0583. The number of nitrogens with zero attached hydrogens (tertiary/aromatic N) is 2. The molecule has 7 heteroatoms. The van der Waals surface area contributed by atoms with E-state index in [9.17, 15) is 13.2 Å². The molecule has 0 radical (unpaired) electrons. The Labute approximate surface area is 166 Å². The molecule has 150 valence electrons. The lowest BCUT2D eigenvalue weighted by atomic mass is 9.98. The fourth-order valence-electron chi connectivity index (χ4n) is 3.58. The average Bonchev–Trinajstić information content (AvgIpc) is 2.73. The number of aryl methyl sites for hydroxylation is 1.